The number of aryl methyl sites for hydroxylation is 1. The highest BCUT2D eigenvalue weighted by molar-refractivity contribution is 6.37. The number of nitrogens with two attached hydrogens (primary N) is 2. The molecular weight excluding hydrogens is 436 g/mol. The second-order valence-electron chi connectivity index (χ2n) is 8.30. The van der Waals surface area contributed by atoms with Gasteiger partial charge in [0.2, 0.25) is 0 Å². The molecule has 1 aliphatic heterocycles. The molecule has 2 aromatic rings. The Morgan fingerprint density at radius 3 is 2.73 bits per heavy atom. The molecule has 0 aromatic carbocycles. The number of allylic oxidation sites excluding steroid dienone is 3. The highest BCUT2D eigenvalue weighted by Crippen LogP contribution is 2.35. The van der Waals surface area contributed by atoms with E-state index >= 15 is 0 Å². The molecule has 0 amide bonds. The Labute approximate surface area is 200 Å². The van der Waals surface area contributed by atoms with E-state index in [4.69, 9.17) is 33.0 Å². The van der Waals surface area contributed by atoms with Crippen molar-refractivity contribution in [3.63, 3.8) is 0 Å². The van der Waals surface area contributed by atoms with Gasteiger partial charge < -0.3 is 26.3 Å². The number of nitrogens with one attached hydrogen (secondary N) is 1. The summed E-state index contributed by atoms with van der Waals surface area (Å²) < 4.78 is 0. The van der Waals surface area contributed by atoms with Crippen LogP contribution in [0.5, 0.6) is 0 Å². The predicted octanol–water partition coefficient (Wildman–Crippen LogP) is 3.31. The Kier molecular flexibility index (Phi) is 7.94. The molecule has 0 spiro atoms. The number of H-pyrrole nitrogens is 1. The number of aromatic nitrogens is 3. The molecule has 3 heterocycles. The zero-order chi connectivity index (χ0) is 24.1. The Balaban J connectivity index is 2.04. The summed E-state index contributed by atoms with van der Waals surface area (Å²) in [6.45, 7) is 11.3. The number of hydrogen-bond acceptors (Lipinski definition) is 7. The van der Waals surface area contributed by atoms with Crippen LogP contribution in [0.3, 0.4) is 0 Å². The molecule has 0 saturated carbocycles. The van der Waals surface area contributed by atoms with Crippen LogP contribution >= 0.6 is 11.6 Å². The van der Waals surface area contributed by atoms with Gasteiger partial charge in [0.05, 0.1) is 21.8 Å². The molecule has 0 unspecified atom stereocenters. The second kappa shape index (κ2) is 10.7. The molecular formula is C24H33ClN8. The molecule has 3 rings (SSSR count). The van der Waals surface area contributed by atoms with E-state index in [9.17, 15) is 0 Å². The van der Waals surface area contributed by atoms with E-state index in [1.165, 1.54) is 6.20 Å². The minimum atomic E-state index is 0.333. The first kappa shape index (κ1) is 24.5. The molecule has 8 nitrogen and oxygen atoms in total. The standard InChI is InChI=1S/C24H33ClN8/c1-6-9-28-19(15(3)27)11-16(13-26)12-20-30-23-21(22(25)18(7-2)29-23)24(31-20)33-10-8-17(14-33)32(4)5/h6,9,11,13,17H,1,3,7-8,10,12,14,26-27H2,2,4-5H3,(H,29,30,31)/b16-13+,19-11+,28-9?/t17-/m1/s1. The van der Waals surface area contributed by atoms with Crippen molar-refractivity contribution in [2.75, 3.05) is 32.1 Å². The largest absolute Gasteiger partial charge is 0.404 e. The number of likely N-dealkylation sites (N-methyl/N-ethyl adjacent to an activating group) is 1. The highest BCUT2D eigenvalue weighted by atomic mass is 35.5. The van der Waals surface area contributed by atoms with Crippen LogP contribution in [0, 0.1) is 0 Å². The molecule has 0 bridgehead atoms. The van der Waals surface area contributed by atoms with Crippen LogP contribution in [-0.4, -0.2) is 59.3 Å². The van der Waals surface area contributed by atoms with E-state index in [0.29, 0.717) is 34.7 Å². The van der Waals surface area contributed by atoms with E-state index in [-0.39, 0.29) is 0 Å². The zero-order valence-electron chi connectivity index (χ0n) is 19.6. The molecule has 1 aliphatic rings. The van der Waals surface area contributed by atoms with Gasteiger partial charge in [-0.2, -0.15) is 0 Å². The number of aromatic amines is 1. The topological polar surface area (TPSA) is 112 Å². The first-order chi connectivity index (χ1) is 15.8. The maximum absolute atomic E-state index is 6.74. The third-order valence-electron chi connectivity index (χ3n) is 5.78. The van der Waals surface area contributed by atoms with E-state index in [2.05, 4.69) is 54.0 Å². The zero-order valence-corrected chi connectivity index (χ0v) is 20.4. The van der Waals surface area contributed by atoms with Gasteiger partial charge in [-0.15, -0.1) is 0 Å². The molecule has 2 aromatic heterocycles. The van der Waals surface area contributed by atoms with E-state index in [1.54, 1.807) is 18.4 Å². The number of nitrogens with zero attached hydrogens (tertiary/aromatic N) is 5. The van der Waals surface area contributed by atoms with E-state index in [0.717, 1.165) is 54.0 Å². The fraction of sp³-hybridized carbons (Fsp3) is 0.375. The monoisotopic (exact) mass is 468 g/mol. The lowest BCUT2D eigenvalue weighted by Gasteiger charge is -2.22. The third-order valence-corrected chi connectivity index (χ3v) is 6.20. The van der Waals surface area contributed by atoms with Gasteiger partial charge in [-0.3, -0.25) is 4.99 Å². The number of fused-ring (bicyclic) bond motifs is 1. The molecule has 1 atom stereocenters. The quantitative estimate of drug-likeness (QED) is 0.384. The molecule has 1 fully saturated rings. The Morgan fingerprint density at radius 1 is 1.39 bits per heavy atom. The lowest BCUT2D eigenvalue weighted by atomic mass is 10.1. The molecule has 1 saturated heterocycles. The van der Waals surface area contributed by atoms with Crippen molar-refractivity contribution in [2.24, 2.45) is 16.5 Å². The first-order valence-corrected chi connectivity index (χ1v) is 11.4. The van der Waals surface area contributed by atoms with Crippen molar-refractivity contribution in [3.8, 4) is 0 Å². The molecule has 5 N–H and O–H groups in total. The van der Waals surface area contributed by atoms with Crippen LogP contribution in [-0.2, 0) is 12.8 Å². The fourth-order valence-electron chi connectivity index (χ4n) is 3.90. The van der Waals surface area contributed by atoms with Gasteiger partial charge in [0.1, 0.15) is 17.3 Å². The van der Waals surface area contributed by atoms with Gasteiger partial charge in [-0.1, -0.05) is 37.8 Å². The lowest BCUT2D eigenvalue weighted by Crippen LogP contribution is -2.32. The second-order valence-corrected chi connectivity index (χ2v) is 8.68. The molecule has 9 heteroatoms. The smallest absolute Gasteiger partial charge is 0.144 e. The fourth-order valence-corrected chi connectivity index (χ4v) is 4.26. The van der Waals surface area contributed by atoms with E-state index in [1.807, 2.05) is 0 Å². The number of hydrogen-bond donors (Lipinski definition) is 3. The first-order valence-electron chi connectivity index (χ1n) is 11.0. The van der Waals surface area contributed by atoms with E-state index < -0.39 is 0 Å². The highest BCUT2D eigenvalue weighted by Gasteiger charge is 2.28. The maximum atomic E-state index is 6.74. The average molecular weight is 469 g/mol. The van der Waals surface area contributed by atoms with Gasteiger partial charge in [-0.25, -0.2) is 9.97 Å². The molecule has 33 heavy (non-hydrogen) atoms. The van der Waals surface area contributed by atoms with Gasteiger partial charge in [-0.05, 0) is 44.8 Å². The minimum absolute atomic E-state index is 0.333. The van der Waals surface area contributed by atoms with Crippen molar-refractivity contribution in [2.45, 2.75) is 32.2 Å². The van der Waals surface area contributed by atoms with Crippen molar-refractivity contribution >= 4 is 34.7 Å². The normalized spacial score (nSPS) is 17.6. The van der Waals surface area contributed by atoms with Crippen molar-refractivity contribution in [3.05, 3.63) is 65.0 Å². The summed E-state index contributed by atoms with van der Waals surface area (Å²) in [5.74, 6) is 1.49. The van der Waals surface area contributed by atoms with Crippen LogP contribution in [0.1, 0.15) is 24.9 Å². The minimum Gasteiger partial charge on any atom is -0.404 e. The van der Waals surface area contributed by atoms with Gasteiger partial charge >= 0.3 is 0 Å². The van der Waals surface area contributed by atoms with Crippen LogP contribution in [0.2, 0.25) is 5.02 Å². The summed E-state index contributed by atoms with van der Waals surface area (Å²) in [5.41, 5.74) is 15.1. The summed E-state index contributed by atoms with van der Waals surface area (Å²) in [6, 6.07) is 0.463. The summed E-state index contributed by atoms with van der Waals surface area (Å²) in [4.78, 5) is 21.9. The summed E-state index contributed by atoms with van der Waals surface area (Å²) in [7, 11) is 4.21. The van der Waals surface area contributed by atoms with Crippen molar-refractivity contribution in [1.82, 2.24) is 19.9 Å². The number of aliphatic imine (C=N–C) groups is 1. The number of rotatable bonds is 9. The predicted molar refractivity (Wildman–Crippen MR) is 139 cm³/mol. The summed E-state index contributed by atoms with van der Waals surface area (Å²) in [6.07, 6.45) is 8.68. The van der Waals surface area contributed by atoms with Gasteiger partial charge in [0.15, 0.2) is 0 Å². The number of anilines is 1. The molecule has 176 valence electrons. The molecule has 0 aliphatic carbocycles. The summed E-state index contributed by atoms with van der Waals surface area (Å²) >= 11 is 6.74. The van der Waals surface area contributed by atoms with Crippen LogP contribution < -0.4 is 16.4 Å². The number of halogens is 1. The van der Waals surface area contributed by atoms with Gasteiger partial charge in [0.25, 0.3) is 0 Å². The Morgan fingerprint density at radius 2 is 2.15 bits per heavy atom. The van der Waals surface area contributed by atoms with Crippen molar-refractivity contribution < 1.29 is 0 Å². The molecule has 0 radical (unpaired) electrons. The lowest BCUT2D eigenvalue weighted by molar-refractivity contribution is 0.315. The SMILES string of the molecule is C=CC=N/C(=C/C(=C\N)Cc1nc(N2CC[C@@H](N(C)C)C2)c2c(Cl)c(CC)[nH]c2n1)C(=C)N. The third kappa shape index (κ3) is 5.46. The average Bonchev–Trinajstić information content (AvgIpc) is 3.40. The van der Waals surface area contributed by atoms with Crippen LogP contribution in [0.15, 0.2) is 53.5 Å². The summed E-state index contributed by atoms with van der Waals surface area (Å²) in [5, 5.41) is 1.56. The Bertz CT molecular complexity index is 1130. The van der Waals surface area contributed by atoms with Crippen LogP contribution in [0.4, 0.5) is 5.82 Å². The van der Waals surface area contributed by atoms with Crippen molar-refractivity contribution in [1.29, 1.82) is 0 Å². The van der Waals surface area contributed by atoms with Gasteiger partial charge in [0, 0.05) is 37.5 Å². The van der Waals surface area contributed by atoms with Crippen LogP contribution in [0.25, 0.3) is 11.0 Å². The maximum Gasteiger partial charge on any atom is 0.144 e. The Hall–Kier alpha value is -3.10.